The molecule has 15 heavy (non-hydrogen) atoms. The molecule has 2 N–H and O–H groups in total. The van der Waals surface area contributed by atoms with Crippen LogP contribution in [0, 0.1) is 0 Å². The van der Waals surface area contributed by atoms with Crippen LogP contribution in [0.5, 0.6) is 0 Å². The van der Waals surface area contributed by atoms with E-state index in [-0.39, 0.29) is 6.03 Å². The summed E-state index contributed by atoms with van der Waals surface area (Å²) in [7, 11) is 3.58. The molecule has 0 atom stereocenters. The van der Waals surface area contributed by atoms with Gasteiger partial charge < -0.3 is 10.2 Å². The fraction of sp³-hybridized carbons (Fsp3) is 0.500. The van der Waals surface area contributed by atoms with Gasteiger partial charge in [0.05, 0.1) is 0 Å². The highest BCUT2D eigenvalue weighted by Crippen LogP contribution is 2.15. The maximum atomic E-state index is 10.8. The van der Waals surface area contributed by atoms with Crippen LogP contribution in [0.4, 0.5) is 9.93 Å². The van der Waals surface area contributed by atoms with E-state index < -0.39 is 0 Å². The topological polar surface area (TPSA) is 57.3 Å². The molecule has 0 saturated carbocycles. The first-order valence-electron chi connectivity index (χ1n) is 4.44. The number of aromatic nitrogens is 1. The van der Waals surface area contributed by atoms with Gasteiger partial charge in [-0.1, -0.05) is 0 Å². The van der Waals surface area contributed by atoms with Gasteiger partial charge in [-0.2, -0.15) is 0 Å². The van der Waals surface area contributed by atoms with Crippen molar-refractivity contribution in [2.24, 2.45) is 0 Å². The number of amides is 2. The second-order valence-electron chi connectivity index (χ2n) is 2.77. The second-order valence-corrected chi connectivity index (χ2v) is 4.54. The van der Waals surface area contributed by atoms with Crippen molar-refractivity contribution in [3.8, 4) is 0 Å². The fourth-order valence-electron chi connectivity index (χ4n) is 0.850. The van der Waals surface area contributed by atoms with E-state index in [1.807, 2.05) is 12.4 Å². The zero-order chi connectivity index (χ0) is 11.1. The average molecular weight is 246 g/mol. The Morgan fingerprint density at radius 3 is 3.13 bits per heavy atom. The summed E-state index contributed by atoms with van der Waals surface area (Å²) in [4.78, 5) is 17.1. The van der Waals surface area contributed by atoms with E-state index in [2.05, 4.69) is 19.9 Å². The third-order valence-corrected chi connectivity index (χ3v) is 3.27. The first kappa shape index (κ1) is 12.1. The molecule has 0 aliphatic rings. The molecule has 1 aromatic heterocycles. The second kappa shape index (κ2) is 6.52. The zero-order valence-electron chi connectivity index (χ0n) is 8.69. The molecule has 0 unspecified atom stereocenters. The van der Waals surface area contributed by atoms with Crippen molar-refractivity contribution in [1.29, 1.82) is 0 Å². The highest BCUT2D eigenvalue weighted by molar-refractivity contribution is 7.97. The SMILES string of the molecule is CNC(=O)NSCCN(C)c1nccs1. The average Bonchev–Trinajstić information content (AvgIpc) is 2.77. The van der Waals surface area contributed by atoms with Crippen LogP contribution in [0.25, 0.3) is 0 Å². The Hall–Kier alpha value is -0.950. The third-order valence-electron chi connectivity index (χ3n) is 1.67. The Morgan fingerprint density at radius 2 is 2.53 bits per heavy atom. The first-order valence-corrected chi connectivity index (χ1v) is 6.30. The third kappa shape index (κ3) is 4.39. The molecule has 0 bridgehead atoms. The summed E-state index contributed by atoms with van der Waals surface area (Å²) in [5.74, 6) is 0.823. The van der Waals surface area contributed by atoms with Crippen LogP contribution in [0.1, 0.15) is 0 Å². The predicted molar refractivity (Wildman–Crippen MR) is 65.4 cm³/mol. The summed E-state index contributed by atoms with van der Waals surface area (Å²) in [6.45, 7) is 0.849. The number of urea groups is 1. The number of carbonyl (C=O) groups is 1. The maximum Gasteiger partial charge on any atom is 0.324 e. The summed E-state index contributed by atoms with van der Waals surface area (Å²) in [6, 6.07) is -0.170. The lowest BCUT2D eigenvalue weighted by molar-refractivity contribution is 0.248. The quantitative estimate of drug-likeness (QED) is 0.604. The molecule has 0 radical (unpaired) electrons. The lowest BCUT2D eigenvalue weighted by Crippen LogP contribution is -2.29. The molecule has 0 fully saturated rings. The summed E-state index contributed by atoms with van der Waals surface area (Å²) in [6.07, 6.45) is 1.78. The lowest BCUT2D eigenvalue weighted by atomic mass is 10.7. The van der Waals surface area contributed by atoms with Crippen LogP contribution in [0.3, 0.4) is 0 Å². The van der Waals surface area contributed by atoms with E-state index in [1.165, 1.54) is 11.9 Å². The summed E-state index contributed by atoms with van der Waals surface area (Å²) in [5.41, 5.74) is 0. The Kier molecular flexibility index (Phi) is 5.27. The van der Waals surface area contributed by atoms with Crippen molar-refractivity contribution in [1.82, 2.24) is 15.0 Å². The van der Waals surface area contributed by atoms with Crippen molar-refractivity contribution in [2.45, 2.75) is 0 Å². The lowest BCUT2D eigenvalue weighted by Gasteiger charge is -2.14. The Morgan fingerprint density at radius 1 is 1.73 bits per heavy atom. The van der Waals surface area contributed by atoms with Gasteiger partial charge in [0, 0.05) is 38.0 Å². The molecular formula is C8H14N4OS2. The van der Waals surface area contributed by atoms with E-state index >= 15 is 0 Å². The van der Waals surface area contributed by atoms with Gasteiger partial charge in [-0.05, 0) is 11.9 Å². The van der Waals surface area contributed by atoms with E-state index in [4.69, 9.17) is 0 Å². The van der Waals surface area contributed by atoms with Gasteiger partial charge in [-0.15, -0.1) is 11.3 Å². The smallest absolute Gasteiger partial charge is 0.324 e. The molecule has 2 amide bonds. The number of anilines is 1. The minimum Gasteiger partial charge on any atom is -0.350 e. The highest BCUT2D eigenvalue weighted by atomic mass is 32.2. The van der Waals surface area contributed by atoms with Gasteiger partial charge in [-0.25, -0.2) is 9.78 Å². The summed E-state index contributed by atoms with van der Waals surface area (Å²) < 4.78 is 2.66. The predicted octanol–water partition coefficient (Wildman–Crippen LogP) is 1.16. The molecule has 5 nitrogen and oxygen atoms in total. The van der Waals surface area contributed by atoms with Gasteiger partial charge in [0.25, 0.3) is 0 Å². The number of carbonyl (C=O) groups excluding carboxylic acids is 1. The number of nitrogens with zero attached hydrogens (tertiary/aromatic N) is 2. The molecular weight excluding hydrogens is 232 g/mol. The number of hydrogen-bond acceptors (Lipinski definition) is 5. The van der Waals surface area contributed by atoms with Crippen molar-refractivity contribution < 1.29 is 4.79 Å². The molecule has 0 saturated heterocycles. The van der Waals surface area contributed by atoms with Gasteiger partial charge in [0.1, 0.15) is 0 Å². The molecule has 0 aliphatic carbocycles. The number of thiazole rings is 1. The molecule has 0 aromatic carbocycles. The minimum absolute atomic E-state index is 0.170. The standard InChI is InChI=1S/C8H14N4OS2/c1-9-7(13)11-15-6-4-12(2)8-10-3-5-14-8/h3,5H,4,6H2,1-2H3,(H2,9,11,13). The zero-order valence-corrected chi connectivity index (χ0v) is 10.3. The summed E-state index contributed by atoms with van der Waals surface area (Å²) >= 11 is 2.99. The first-order chi connectivity index (χ1) is 7.24. The molecule has 7 heteroatoms. The monoisotopic (exact) mass is 246 g/mol. The van der Waals surface area contributed by atoms with Crippen molar-refractivity contribution in [2.75, 3.05) is 31.3 Å². The van der Waals surface area contributed by atoms with Crippen LogP contribution in [0.2, 0.25) is 0 Å². The van der Waals surface area contributed by atoms with Gasteiger partial charge in [0.15, 0.2) is 5.13 Å². The fourth-order valence-corrected chi connectivity index (χ4v) is 2.19. The number of nitrogens with one attached hydrogen (secondary N) is 2. The van der Waals surface area contributed by atoms with E-state index in [0.29, 0.717) is 0 Å². The Bertz CT molecular complexity index is 291. The van der Waals surface area contributed by atoms with Crippen LogP contribution in [-0.2, 0) is 0 Å². The molecule has 0 aliphatic heterocycles. The van der Waals surface area contributed by atoms with Gasteiger partial charge in [-0.3, -0.25) is 4.72 Å². The van der Waals surface area contributed by atoms with Crippen molar-refractivity contribution in [3.63, 3.8) is 0 Å². The van der Waals surface area contributed by atoms with Crippen LogP contribution >= 0.6 is 23.3 Å². The number of rotatable bonds is 5. The van der Waals surface area contributed by atoms with Crippen LogP contribution in [0.15, 0.2) is 11.6 Å². The van der Waals surface area contributed by atoms with Crippen molar-refractivity contribution >= 4 is 34.4 Å². The number of hydrogen-bond donors (Lipinski definition) is 2. The van der Waals surface area contributed by atoms with Gasteiger partial charge >= 0.3 is 6.03 Å². The summed E-state index contributed by atoms with van der Waals surface area (Å²) in [5, 5.41) is 5.43. The minimum atomic E-state index is -0.170. The highest BCUT2D eigenvalue weighted by Gasteiger charge is 2.03. The molecule has 1 heterocycles. The molecule has 1 rings (SSSR count). The van der Waals surface area contributed by atoms with Gasteiger partial charge in [0.2, 0.25) is 0 Å². The van der Waals surface area contributed by atoms with Crippen LogP contribution < -0.4 is 14.9 Å². The Balaban J connectivity index is 2.13. The van der Waals surface area contributed by atoms with E-state index in [0.717, 1.165) is 17.4 Å². The van der Waals surface area contributed by atoms with E-state index in [9.17, 15) is 4.79 Å². The maximum absolute atomic E-state index is 10.8. The largest absolute Gasteiger partial charge is 0.350 e. The molecule has 84 valence electrons. The van der Waals surface area contributed by atoms with Crippen molar-refractivity contribution in [3.05, 3.63) is 11.6 Å². The molecule has 1 aromatic rings. The van der Waals surface area contributed by atoms with Crippen LogP contribution in [-0.4, -0.2) is 37.4 Å². The van der Waals surface area contributed by atoms with E-state index in [1.54, 1.807) is 24.6 Å². The normalized spacial score (nSPS) is 9.73. The molecule has 0 spiro atoms. The Labute approximate surface area is 97.4 Å².